The Morgan fingerprint density at radius 1 is 0.694 bits per heavy atom. The topological polar surface area (TPSA) is 0 Å². The quantitative estimate of drug-likeness (QED) is 0.294. The van der Waals surface area contributed by atoms with Crippen molar-refractivity contribution in [2.24, 2.45) is 0 Å². The summed E-state index contributed by atoms with van der Waals surface area (Å²) >= 11 is -2.26. The molecule has 0 heterocycles. The van der Waals surface area contributed by atoms with Crippen LogP contribution in [0.3, 0.4) is 0 Å². The molecule has 0 aromatic heterocycles. The third-order valence-corrected chi connectivity index (χ3v) is 15.0. The van der Waals surface area contributed by atoms with Gasteiger partial charge in [0.15, 0.2) is 0 Å². The van der Waals surface area contributed by atoms with Crippen molar-refractivity contribution < 1.29 is 46.1 Å². The molecule has 3 aliphatic carbocycles. The van der Waals surface area contributed by atoms with E-state index in [1.54, 1.807) is 15.3 Å². The van der Waals surface area contributed by atoms with Gasteiger partial charge in [-0.2, -0.15) is 0 Å². The molecule has 0 unspecified atom stereocenters. The van der Waals surface area contributed by atoms with Crippen LogP contribution in [0.2, 0.25) is 0 Å². The SMILES string of the molecule is C[C](C)=[Zr+2]([C]1=CC=C2C1=CCc1ccc3ccccc3c12)[c]1cccc2c1Cc1ccccc1-2.[Cl-].[Cl-]. The first kappa shape index (κ1) is 25.3. The summed E-state index contributed by atoms with van der Waals surface area (Å²) in [5.41, 5.74) is 11.9. The molecule has 36 heavy (non-hydrogen) atoms. The molecule has 0 nitrogen and oxygen atoms in total. The zero-order valence-corrected chi connectivity index (χ0v) is 24.4. The predicted octanol–water partition coefficient (Wildman–Crippen LogP) is 1.34. The smallest absolute Gasteiger partial charge is 1.00 e. The fourth-order valence-corrected chi connectivity index (χ4v) is 13.4. The normalized spacial score (nSPS) is 14.0. The average Bonchev–Trinajstić information content (AvgIpc) is 3.46. The van der Waals surface area contributed by atoms with Crippen molar-refractivity contribution in [2.75, 3.05) is 0 Å². The summed E-state index contributed by atoms with van der Waals surface area (Å²) in [5, 5.41) is 2.73. The molecule has 176 valence electrons. The third-order valence-electron chi connectivity index (χ3n) is 7.70. The van der Waals surface area contributed by atoms with Gasteiger partial charge in [-0.25, -0.2) is 0 Å². The van der Waals surface area contributed by atoms with Gasteiger partial charge in [-0.05, 0) is 0 Å². The van der Waals surface area contributed by atoms with E-state index in [9.17, 15) is 0 Å². The van der Waals surface area contributed by atoms with Crippen molar-refractivity contribution >= 4 is 22.8 Å². The van der Waals surface area contributed by atoms with Crippen LogP contribution in [0.5, 0.6) is 0 Å². The molecular formula is C33H26Cl2Zr. The van der Waals surface area contributed by atoms with Gasteiger partial charge in [0.2, 0.25) is 0 Å². The molecule has 0 N–H and O–H groups in total. The molecule has 0 saturated carbocycles. The van der Waals surface area contributed by atoms with E-state index >= 15 is 0 Å². The van der Waals surface area contributed by atoms with E-state index in [2.05, 4.69) is 111 Å². The minimum absolute atomic E-state index is 0. The molecule has 0 radical (unpaired) electrons. The van der Waals surface area contributed by atoms with E-state index in [0.29, 0.717) is 0 Å². The molecule has 0 spiro atoms. The van der Waals surface area contributed by atoms with Crippen molar-refractivity contribution in [3.05, 3.63) is 128 Å². The summed E-state index contributed by atoms with van der Waals surface area (Å²) < 4.78 is 4.97. The molecule has 0 fully saturated rings. The van der Waals surface area contributed by atoms with Crippen molar-refractivity contribution in [3.63, 3.8) is 0 Å². The molecule has 0 atom stereocenters. The fraction of sp³-hybridized carbons (Fsp3) is 0.121. The maximum absolute atomic E-state index is 2.52. The Labute approximate surface area is 233 Å². The van der Waals surface area contributed by atoms with Crippen LogP contribution in [0, 0.1) is 0 Å². The zero-order valence-electron chi connectivity index (χ0n) is 20.4. The number of allylic oxidation sites excluding steroid dienone is 6. The molecular weight excluding hydrogens is 558 g/mol. The largest absolute Gasteiger partial charge is 1.00 e. The number of hydrogen-bond donors (Lipinski definition) is 0. The second-order valence-electron chi connectivity index (χ2n) is 9.84. The molecule has 7 rings (SSSR count). The minimum Gasteiger partial charge on any atom is -1.00 e. The van der Waals surface area contributed by atoms with Gasteiger partial charge in [0.25, 0.3) is 0 Å². The van der Waals surface area contributed by atoms with Crippen molar-refractivity contribution in [1.82, 2.24) is 0 Å². The van der Waals surface area contributed by atoms with Crippen LogP contribution in [-0.2, 0) is 34.1 Å². The second kappa shape index (κ2) is 9.87. The van der Waals surface area contributed by atoms with Crippen LogP contribution in [0.1, 0.15) is 36.1 Å². The molecule has 3 aliphatic rings. The first-order valence-electron chi connectivity index (χ1n) is 12.2. The van der Waals surface area contributed by atoms with Gasteiger partial charge in [-0.15, -0.1) is 0 Å². The molecule has 3 heteroatoms. The number of benzene rings is 4. The van der Waals surface area contributed by atoms with Crippen LogP contribution in [0.4, 0.5) is 0 Å². The molecule has 0 saturated heterocycles. The maximum atomic E-state index is 2.52. The summed E-state index contributed by atoms with van der Waals surface area (Å²) in [6.07, 6.45) is 9.54. The number of fused-ring (bicyclic) bond motifs is 8. The van der Waals surface area contributed by atoms with Gasteiger partial charge in [0.1, 0.15) is 0 Å². The minimum atomic E-state index is -2.26. The number of hydrogen-bond acceptors (Lipinski definition) is 0. The molecule has 4 aromatic rings. The van der Waals surface area contributed by atoms with Crippen LogP contribution in [0.15, 0.2) is 106 Å². The van der Waals surface area contributed by atoms with Gasteiger partial charge >= 0.3 is 210 Å². The van der Waals surface area contributed by atoms with Gasteiger partial charge in [0.05, 0.1) is 0 Å². The summed E-state index contributed by atoms with van der Waals surface area (Å²) in [7, 11) is 0. The monoisotopic (exact) mass is 582 g/mol. The van der Waals surface area contributed by atoms with Crippen LogP contribution < -0.4 is 28.1 Å². The van der Waals surface area contributed by atoms with E-state index in [4.69, 9.17) is 0 Å². The Kier molecular flexibility index (Phi) is 6.95. The standard InChI is InChI=1S/C17H11.C13H9.C3H6.2ClH.Zr/c1-2-6-15-12(4-1)8-10-14-11-9-13-5-3-7-16(13)17(14)15;1-3-7-12-10(5-1)9-11-6-2-4-8-13(11)12;1-3-2;;;/h1-4,6-10H,11H2;1-5,7-8H,9H2;1-2H3;2*1H;/q;;;;;+2/p-2. The molecule has 0 amide bonds. The Bertz CT molecular complexity index is 1660. The first-order chi connectivity index (χ1) is 16.7. The van der Waals surface area contributed by atoms with Gasteiger partial charge < -0.3 is 24.8 Å². The number of halogens is 2. The second-order valence-corrected chi connectivity index (χ2v) is 16.8. The summed E-state index contributed by atoms with van der Waals surface area (Å²) in [5.74, 6) is 0. The van der Waals surface area contributed by atoms with Crippen molar-refractivity contribution in [1.29, 1.82) is 0 Å². The average molecular weight is 585 g/mol. The molecule has 4 aromatic carbocycles. The van der Waals surface area contributed by atoms with E-state index in [1.165, 1.54) is 49.7 Å². The third kappa shape index (κ3) is 3.80. The van der Waals surface area contributed by atoms with Crippen LogP contribution in [0.25, 0.3) is 27.5 Å². The first-order valence-corrected chi connectivity index (χ1v) is 15.9. The fourth-order valence-electron chi connectivity index (χ4n) is 6.24. The van der Waals surface area contributed by atoms with Gasteiger partial charge in [0, 0.05) is 0 Å². The maximum Gasteiger partial charge on any atom is -1.00 e. The Balaban J connectivity index is 0.00000133. The van der Waals surface area contributed by atoms with E-state index in [1.807, 2.05) is 0 Å². The van der Waals surface area contributed by atoms with Crippen molar-refractivity contribution in [3.8, 4) is 11.1 Å². The molecule has 0 aliphatic heterocycles. The van der Waals surface area contributed by atoms with Gasteiger partial charge in [-0.3, -0.25) is 0 Å². The van der Waals surface area contributed by atoms with E-state index in [0.717, 1.165) is 12.8 Å². The summed E-state index contributed by atoms with van der Waals surface area (Å²) in [4.78, 5) is 0. The Morgan fingerprint density at radius 2 is 1.47 bits per heavy atom. The van der Waals surface area contributed by atoms with Crippen molar-refractivity contribution in [2.45, 2.75) is 26.7 Å². The van der Waals surface area contributed by atoms with E-state index < -0.39 is 21.3 Å². The van der Waals surface area contributed by atoms with Gasteiger partial charge in [-0.1, -0.05) is 0 Å². The van der Waals surface area contributed by atoms with E-state index in [-0.39, 0.29) is 24.8 Å². The zero-order chi connectivity index (χ0) is 22.8. The molecule has 0 bridgehead atoms. The Hall–Kier alpha value is -2.31. The van der Waals surface area contributed by atoms with Crippen LogP contribution >= 0.6 is 0 Å². The summed E-state index contributed by atoms with van der Waals surface area (Å²) in [6, 6.07) is 29.6. The predicted molar refractivity (Wildman–Crippen MR) is 142 cm³/mol. The summed E-state index contributed by atoms with van der Waals surface area (Å²) in [6.45, 7) is 4.78. The number of rotatable bonds is 2. The van der Waals surface area contributed by atoms with Crippen LogP contribution in [-0.4, -0.2) is 3.21 Å². The Morgan fingerprint density at radius 3 is 2.33 bits per heavy atom.